The number of nitrogen functional groups attached to an aromatic ring is 2. The fourth-order valence-corrected chi connectivity index (χ4v) is 5.34. The molecule has 0 aliphatic heterocycles. The van der Waals surface area contributed by atoms with Gasteiger partial charge in [-0.25, -0.2) is 9.97 Å². The Hall–Kier alpha value is -3.36. The summed E-state index contributed by atoms with van der Waals surface area (Å²) >= 11 is 5.98. The molecule has 1 atom stereocenters. The van der Waals surface area contributed by atoms with Crippen LogP contribution >= 0.6 is 11.6 Å². The first-order valence-corrected chi connectivity index (χ1v) is 14.6. The third kappa shape index (κ3) is 9.10. The molecule has 0 aliphatic carbocycles. The average molecular weight is 568 g/mol. The van der Waals surface area contributed by atoms with Gasteiger partial charge < -0.3 is 26.0 Å². The lowest BCUT2D eigenvalue weighted by atomic mass is 10.0. The Morgan fingerprint density at radius 3 is 1.98 bits per heavy atom. The van der Waals surface area contributed by atoms with E-state index in [1.165, 1.54) is 16.7 Å². The summed E-state index contributed by atoms with van der Waals surface area (Å²) in [5.41, 5.74) is 15.6. The number of rotatable bonds is 16. The minimum atomic E-state index is -0.393. The minimum Gasteiger partial charge on any atom is -0.497 e. The van der Waals surface area contributed by atoms with Gasteiger partial charge in [-0.3, -0.25) is 4.79 Å². The van der Waals surface area contributed by atoms with Gasteiger partial charge in [0.2, 0.25) is 0 Å². The summed E-state index contributed by atoms with van der Waals surface area (Å²) in [7, 11) is 1.69. The zero-order valence-electron chi connectivity index (χ0n) is 24.1. The summed E-state index contributed by atoms with van der Waals surface area (Å²) in [5, 5.41) is 2.96. The highest BCUT2D eigenvalue weighted by molar-refractivity contribution is 6.31. The van der Waals surface area contributed by atoms with Crippen LogP contribution in [0.3, 0.4) is 0 Å². The third-order valence-corrected chi connectivity index (χ3v) is 7.75. The van der Waals surface area contributed by atoms with Crippen molar-refractivity contribution in [3.63, 3.8) is 0 Å². The number of benzene rings is 2. The van der Waals surface area contributed by atoms with E-state index in [0.717, 1.165) is 74.9 Å². The number of quaternary nitrogens is 1. The number of nitrogens with one attached hydrogen (secondary N) is 1. The molecule has 0 spiro atoms. The Bertz CT molecular complexity index is 1160. The second-order valence-corrected chi connectivity index (χ2v) is 10.7. The van der Waals surface area contributed by atoms with Crippen LogP contribution in [0.2, 0.25) is 5.15 Å². The van der Waals surface area contributed by atoms with Crippen LogP contribution in [-0.2, 0) is 19.3 Å². The molecule has 0 aliphatic rings. The molecule has 1 unspecified atom stereocenters. The number of hydrogen-bond acceptors (Lipinski definition) is 6. The highest BCUT2D eigenvalue weighted by atomic mass is 35.5. The number of aryl methyl sites for hydroxylation is 3. The Morgan fingerprint density at radius 1 is 0.850 bits per heavy atom. The van der Waals surface area contributed by atoms with Gasteiger partial charge in [-0.2, -0.15) is 0 Å². The van der Waals surface area contributed by atoms with E-state index in [2.05, 4.69) is 65.5 Å². The average Bonchev–Trinajstić information content (AvgIpc) is 2.95. The maximum Gasteiger partial charge on any atom is 0.273 e. The lowest BCUT2D eigenvalue weighted by molar-refractivity contribution is -0.927. The van der Waals surface area contributed by atoms with E-state index in [1.54, 1.807) is 7.11 Å². The fraction of sp³-hybridized carbons (Fsp3) is 0.452. The number of halogens is 1. The van der Waals surface area contributed by atoms with Crippen molar-refractivity contribution in [2.45, 2.75) is 52.4 Å². The monoisotopic (exact) mass is 567 g/mol. The quantitative estimate of drug-likeness (QED) is 0.208. The molecule has 3 rings (SSSR count). The van der Waals surface area contributed by atoms with Gasteiger partial charge >= 0.3 is 0 Å². The molecule has 3 aromatic rings. The van der Waals surface area contributed by atoms with Gasteiger partial charge in [0, 0.05) is 12.8 Å². The molecule has 1 amide bonds. The molecule has 9 heteroatoms. The molecule has 2 aromatic carbocycles. The highest BCUT2D eigenvalue weighted by Gasteiger charge is 2.26. The van der Waals surface area contributed by atoms with Crippen LogP contribution in [0.1, 0.15) is 60.3 Å². The number of anilines is 2. The van der Waals surface area contributed by atoms with Crippen molar-refractivity contribution < 1.29 is 14.0 Å². The van der Waals surface area contributed by atoms with Crippen LogP contribution in [0.15, 0.2) is 48.5 Å². The van der Waals surface area contributed by atoms with E-state index < -0.39 is 5.91 Å². The maximum atomic E-state index is 12.9. The van der Waals surface area contributed by atoms with Crippen molar-refractivity contribution in [2.75, 3.05) is 51.3 Å². The molecule has 40 heavy (non-hydrogen) atoms. The predicted octanol–water partition coefficient (Wildman–Crippen LogP) is 5.09. The van der Waals surface area contributed by atoms with E-state index in [4.69, 9.17) is 27.8 Å². The van der Waals surface area contributed by atoms with Crippen molar-refractivity contribution in [2.24, 2.45) is 0 Å². The van der Waals surface area contributed by atoms with E-state index in [-0.39, 0.29) is 22.5 Å². The fourth-order valence-electron chi connectivity index (χ4n) is 5.22. The van der Waals surface area contributed by atoms with Crippen molar-refractivity contribution in [1.82, 2.24) is 15.3 Å². The lowest BCUT2D eigenvalue weighted by Gasteiger charge is -2.39. The lowest BCUT2D eigenvalue weighted by Crippen LogP contribution is -2.53. The van der Waals surface area contributed by atoms with Crippen LogP contribution in [0, 0.1) is 0 Å². The zero-order valence-corrected chi connectivity index (χ0v) is 24.8. The molecule has 0 bridgehead atoms. The topological polar surface area (TPSA) is 116 Å². The van der Waals surface area contributed by atoms with Crippen molar-refractivity contribution in [3.8, 4) is 5.75 Å². The summed E-state index contributed by atoms with van der Waals surface area (Å²) in [6.45, 7) is 8.83. The first kappa shape index (κ1) is 31.2. The molecule has 8 nitrogen and oxygen atoms in total. The van der Waals surface area contributed by atoms with Crippen molar-refractivity contribution in [3.05, 3.63) is 76.1 Å². The van der Waals surface area contributed by atoms with Crippen LogP contribution in [0.4, 0.5) is 11.6 Å². The van der Waals surface area contributed by atoms with E-state index in [1.807, 2.05) is 12.1 Å². The largest absolute Gasteiger partial charge is 0.497 e. The van der Waals surface area contributed by atoms with Gasteiger partial charge in [-0.1, -0.05) is 61.8 Å². The second kappa shape index (κ2) is 15.4. The number of carbonyl (C=O) groups excluding carboxylic acids is 1. The summed E-state index contributed by atoms with van der Waals surface area (Å²) in [4.78, 5) is 20.8. The number of amides is 1. The first-order chi connectivity index (χ1) is 19.3. The Kier molecular flexibility index (Phi) is 12.0. The summed E-state index contributed by atoms with van der Waals surface area (Å²) in [6.07, 6.45) is 6.28. The van der Waals surface area contributed by atoms with Gasteiger partial charge in [0.15, 0.2) is 22.5 Å². The smallest absolute Gasteiger partial charge is 0.273 e. The second-order valence-electron chi connectivity index (χ2n) is 10.4. The SMILES string of the molecule is CCC[N+](CCCc1ccc(CC)cc1)(CCCc1ccc(OC)cc1)CCNC(=O)c1nc(Cl)c(N)nc1N. The number of carbonyl (C=O) groups is 1. The van der Waals surface area contributed by atoms with Gasteiger partial charge in [0.25, 0.3) is 5.91 Å². The van der Waals surface area contributed by atoms with Crippen LogP contribution < -0.4 is 21.5 Å². The number of nitrogens with zero attached hydrogens (tertiary/aromatic N) is 3. The number of aromatic nitrogens is 2. The molecule has 1 aromatic heterocycles. The summed E-state index contributed by atoms with van der Waals surface area (Å²) < 4.78 is 6.24. The Balaban J connectivity index is 1.67. The standard InChI is InChI=1S/C31H43ClN6O2/c1-4-19-38(20-6-8-24-12-10-23(5-2)11-13-24,21-7-9-25-14-16-26(40-3)17-15-25)22-18-35-31(39)27-29(33)37-30(34)28(32)36-27/h10-17H,4-9,18-22H2,1-3H3,(H4-,33,34,35,37,39)/p+1. The zero-order chi connectivity index (χ0) is 29.0. The van der Waals surface area contributed by atoms with Crippen LogP contribution in [-0.4, -0.2) is 60.2 Å². The predicted molar refractivity (Wildman–Crippen MR) is 164 cm³/mol. The van der Waals surface area contributed by atoms with Crippen LogP contribution in [0.5, 0.6) is 5.75 Å². The number of nitrogens with two attached hydrogens (primary N) is 2. The first-order valence-electron chi connectivity index (χ1n) is 14.2. The van der Waals surface area contributed by atoms with E-state index >= 15 is 0 Å². The Morgan fingerprint density at radius 2 is 1.43 bits per heavy atom. The molecular formula is C31H44ClN6O2+. The molecule has 0 saturated heterocycles. The number of hydrogen-bond donors (Lipinski definition) is 3. The van der Waals surface area contributed by atoms with Gasteiger partial charge in [-0.05, 0) is 54.5 Å². The minimum absolute atomic E-state index is 0.00261. The molecule has 0 fully saturated rings. The summed E-state index contributed by atoms with van der Waals surface area (Å²) in [5.74, 6) is 0.462. The van der Waals surface area contributed by atoms with Crippen LogP contribution in [0.25, 0.3) is 0 Å². The van der Waals surface area contributed by atoms with Crippen molar-refractivity contribution in [1.29, 1.82) is 0 Å². The van der Waals surface area contributed by atoms with E-state index in [0.29, 0.717) is 6.54 Å². The number of methoxy groups -OCH3 is 1. The van der Waals surface area contributed by atoms with E-state index in [9.17, 15) is 4.79 Å². The molecule has 0 radical (unpaired) electrons. The van der Waals surface area contributed by atoms with Gasteiger partial charge in [-0.15, -0.1) is 0 Å². The Labute approximate surface area is 243 Å². The molecular weight excluding hydrogens is 524 g/mol. The van der Waals surface area contributed by atoms with Gasteiger partial charge in [0.05, 0.1) is 39.8 Å². The molecule has 216 valence electrons. The van der Waals surface area contributed by atoms with Crippen molar-refractivity contribution >= 4 is 29.1 Å². The highest BCUT2D eigenvalue weighted by Crippen LogP contribution is 2.19. The summed E-state index contributed by atoms with van der Waals surface area (Å²) in [6, 6.07) is 17.3. The normalized spacial score (nSPS) is 12.6. The maximum absolute atomic E-state index is 12.9. The van der Waals surface area contributed by atoms with Gasteiger partial charge in [0.1, 0.15) is 5.75 Å². The molecule has 5 N–H and O–H groups in total. The molecule has 1 heterocycles. The third-order valence-electron chi connectivity index (χ3n) is 7.48. The molecule has 0 saturated carbocycles. The number of ether oxygens (including phenoxy) is 1.